The quantitative estimate of drug-likeness (QED) is 0.393. The second-order valence-electron chi connectivity index (χ2n) is 5.28. The van der Waals surface area contributed by atoms with Gasteiger partial charge in [-0.05, 0) is 29.8 Å². The Morgan fingerprint density at radius 2 is 1.80 bits per heavy atom. The molecular weight excluding hydrogens is 336 g/mol. The minimum absolute atomic E-state index is 0.308. The molecule has 0 aliphatic rings. The summed E-state index contributed by atoms with van der Waals surface area (Å²) in [5.74, 6) is -0.308. The molecule has 0 saturated carbocycles. The van der Waals surface area contributed by atoms with Crippen LogP contribution in [-0.4, -0.2) is 22.9 Å². The maximum atomic E-state index is 12.3. The van der Waals surface area contributed by atoms with Crippen LogP contribution < -0.4 is 5.48 Å². The van der Waals surface area contributed by atoms with Crippen molar-refractivity contribution in [1.82, 2.24) is 4.57 Å². The molecule has 0 bridgehead atoms. The van der Waals surface area contributed by atoms with E-state index in [1.807, 2.05) is 71.4 Å². The highest BCUT2D eigenvalue weighted by molar-refractivity contribution is 8.00. The molecule has 0 aliphatic heterocycles. The molecule has 1 aromatic heterocycles. The van der Waals surface area contributed by atoms with Crippen molar-refractivity contribution < 1.29 is 14.7 Å². The van der Waals surface area contributed by atoms with Crippen molar-refractivity contribution in [2.24, 2.45) is 0 Å². The maximum Gasteiger partial charge on any atom is 0.323 e. The van der Waals surface area contributed by atoms with Crippen molar-refractivity contribution in [1.29, 1.82) is 0 Å². The molecule has 0 spiro atoms. The monoisotopic (exact) mass is 354 g/mol. The number of anilines is 1. The molecule has 0 radical (unpaired) electrons. The van der Waals surface area contributed by atoms with Crippen LogP contribution in [0.2, 0.25) is 0 Å². The lowest BCUT2D eigenvalue weighted by atomic mass is 10.1. The lowest BCUT2D eigenvalue weighted by Gasteiger charge is -2.17. The topological polar surface area (TPSA) is 63.5 Å². The molecule has 0 fully saturated rings. The molecule has 1 atom stereocenters. The number of esters is 1. The predicted molar refractivity (Wildman–Crippen MR) is 98.2 cm³/mol. The first kappa shape index (κ1) is 17.1. The van der Waals surface area contributed by atoms with Gasteiger partial charge in [0.05, 0.1) is 23.5 Å². The molecular formula is C19H18N2O3S. The average molecular weight is 354 g/mol. The summed E-state index contributed by atoms with van der Waals surface area (Å²) in [5.41, 5.74) is 4.45. The van der Waals surface area contributed by atoms with Gasteiger partial charge in [-0.25, -0.2) is 0 Å². The molecule has 3 aromatic rings. The third-order valence-corrected chi connectivity index (χ3v) is 5.03. The lowest BCUT2D eigenvalue weighted by molar-refractivity contribution is -0.140. The third-order valence-electron chi connectivity index (χ3n) is 3.75. The van der Waals surface area contributed by atoms with E-state index in [1.54, 1.807) is 6.07 Å². The smallest absolute Gasteiger partial charge is 0.323 e. The lowest BCUT2D eigenvalue weighted by Crippen LogP contribution is -2.12. The fourth-order valence-corrected chi connectivity index (χ4v) is 3.70. The van der Waals surface area contributed by atoms with Gasteiger partial charge in [-0.2, -0.15) is 0 Å². The second kappa shape index (κ2) is 7.92. The number of methoxy groups -OCH3 is 1. The van der Waals surface area contributed by atoms with Crippen LogP contribution in [0.1, 0.15) is 10.8 Å². The zero-order valence-corrected chi connectivity index (χ0v) is 14.4. The highest BCUT2D eigenvalue weighted by atomic mass is 32.2. The number of hydrogen-bond donors (Lipinski definition) is 2. The van der Waals surface area contributed by atoms with Gasteiger partial charge < -0.3 is 9.30 Å². The molecule has 5 nitrogen and oxygen atoms in total. The molecule has 6 heteroatoms. The van der Waals surface area contributed by atoms with E-state index < -0.39 is 5.25 Å². The van der Waals surface area contributed by atoms with E-state index in [1.165, 1.54) is 18.9 Å². The summed E-state index contributed by atoms with van der Waals surface area (Å²) in [6.45, 7) is 0. The Balaban J connectivity index is 1.97. The van der Waals surface area contributed by atoms with Crippen molar-refractivity contribution in [3.63, 3.8) is 0 Å². The van der Waals surface area contributed by atoms with Gasteiger partial charge in [0, 0.05) is 6.20 Å². The number of nitrogens with zero attached hydrogens (tertiary/aromatic N) is 1. The summed E-state index contributed by atoms with van der Waals surface area (Å²) >= 11 is 1.40. The average Bonchev–Trinajstić information content (AvgIpc) is 3.14. The van der Waals surface area contributed by atoms with Gasteiger partial charge in [0.2, 0.25) is 0 Å². The van der Waals surface area contributed by atoms with E-state index in [-0.39, 0.29) is 5.97 Å². The number of benzene rings is 2. The van der Waals surface area contributed by atoms with E-state index in [9.17, 15) is 10.0 Å². The van der Waals surface area contributed by atoms with E-state index in [4.69, 9.17) is 4.74 Å². The molecule has 3 rings (SSSR count). The standard InChI is InChI=1S/C19H18N2O3S/c1-24-19(22)18(14-8-3-2-4-9-14)25-17-12-7-13-21(17)16-11-6-5-10-15(16)20-23/h2-13,18,20,23H,1H3. The van der Waals surface area contributed by atoms with E-state index in [0.717, 1.165) is 16.3 Å². The zero-order chi connectivity index (χ0) is 17.6. The number of carbonyl (C=O) groups is 1. The largest absolute Gasteiger partial charge is 0.468 e. The van der Waals surface area contributed by atoms with E-state index in [2.05, 4.69) is 5.48 Å². The molecule has 1 unspecified atom stereocenters. The van der Waals surface area contributed by atoms with Gasteiger partial charge in [-0.1, -0.05) is 54.2 Å². The number of aromatic nitrogens is 1. The van der Waals surface area contributed by atoms with E-state index in [0.29, 0.717) is 5.69 Å². The summed E-state index contributed by atoms with van der Waals surface area (Å²) in [6, 6.07) is 20.7. The minimum atomic E-state index is -0.478. The van der Waals surface area contributed by atoms with Gasteiger partial charge in [0.1, 0.15) is 5.25 Å². The van der Waals surface area contributed by atoms with Gasteiger partial charge in [-0.15, -0.1) is 0 Å². The summed E-state index contributed by atoms with van der Waals surface area (Å²) < 4.78 is 6.90. The number of nitrogens with one attached hydrogen (secondary N) is 1. The first-order valence-corrected chi connectivity index (χ1v) is 8.59. The number of hydrogen-bond acceptors (Lipinski definition) is 5. The van der Waals surface area contributed by atoms with Crippen LogP contribution in [0.15, 0.2) is 78.0 Å². The summed E-state index contributed by atoms with van der Waals surface area (Å²) in [6.07, 6.45) is 1.89. The fraction of sp³-hybridized carbons (Fsp3) is 0.105. The fourth-order valence-electron chi connectivity index (χ4n) is 2.55. The minimum Gasteiger partial charge on any atom is -0.468 e. The molecule has 0 aliphatic carbocycles. The molecule has 128 valence electrons. The Labute approximate surface area is 150 Å². The number of carbonyl (C=O) groups excluding carboxylic acids is 1. The first-order valence-electron chi connectivity index (χ1n) is 7.71. The highest BCUT2D eigenvalue weighted by Gasteiger charge is 2.24. The van der Waals surface area contributed by atoms with Crippen LogP contribution in [0, 0.1) is 0 Å². The molecule has 1 heterocycles. The Hall–Kier alpha value is -2.70. The first-order chi connectivity index (χ1) is 12.2. The number of thioether (sulfide) groups is 1. The van der Waals surface area contributed by atoms with Crippen molar-refractivity contribution in [3.8, 4) is 5.69 Å². The second-order valence-corrected chi connectivity index (χ2v) is 6.40. The van der Waals surface area contributed by atoms with Crippen LogP contribution in [0.3, 0.4) is 0 Å². The van der Waals surface area contributed by atoms with Crippen molar-refractivity contribution in [2.75, 3.05) is 12.6 Å². The molecule has 2 aromatic carbocycles. The normalized spacial score (nSPS) is 11.8. The Morgan fingerprint density at radius 1 is 1.08 bits per heavy atom. The van der Waals surface area contributed by atoms with Gasteiger partial charge in [0.25, 0.3) is 0 Å². The highest BCUT2D eigenvalue weighted by Crippen LogP contribution is 2.38. The van der Waals surface area contributed by atoms with Gasteiger partial charge >= 0.3 is 5.97 Å². The zero-order valence-electron chi connectivity index (χ0n) is 13.6. The van der Waals surface area contributed by atoms with Crippen molar-refractivity contribution in [2.45, 2.75) is 10.3 Å². The molecule has 0 saturated heterocycles. The van der Waals surface area contributed by atoms with Crippen LogP contribution in [-0.2, 0) is 9.53 Å². The molecule has 2 N–H and O–H groups in total. The SMILES string of the molecule is COC(=O)C(Sc1cccn1-c1ccccc1NO)c1ccccc1. The number of para-hydroxylation sites is 2. The molecule has 0 amide bonds. The van der Waals surface area contributed by atoms with Crippen molar-refractivity contribution >= 4 is 23.4 Å². The summed E-state index contributed by atoms with van der Waals surface area (Å²) in [4.78, 5) is 12.3. The predicted octanol–water partition coefficient (Wildman–Crippen LogP) is 4.28. The maximum absolute atomic E-state index is 12.3. The van der Waals surface area contributed by atoms with Crippen LogP contribution in [0.5, 0.6) is 0 Å². The van der Waals surface area contributed by atoms with Gasteiger partial charge in [-0.3, -0.25) is 15.5 Å². The number of ether oxygens (including phenoxy) is 1. The third kappa shape index (κ3) is 3.70. The van der Waals surface area contributed by atoms with Gasteiger partial charge in [0.15, 0.2) is 0 Å². The van der Waals surface area contributed by atoms with Crippen LogP contribution in [0.4, 0.5) is 5.69 Å². The van der Waals surface area contributed by atoms with E-state index >= 15 is 0 Å². The Kier molecular flexibility index (Phi) is 5.42. The number of rotatable bonds is 6. The Morgan fingerprint density at radius 3 is 2.52 bits per heavy atom. The summed E-state index contributed by atoms with van der Waals surface area (Å²) in [7, 11) is 1.39. The van der Waals surface area contributed by atoms with Crippen LogP contribution >= 0.6 is 11.8 Å². The van der Waals surface area contributed by atoms with Crippen molar-refractivity contribution in [3.05, 3.63) is 78.5 Å². The van der Waals surface area contributed by atoms with Crippen LogP contribution in [0.25, 0.3) is 5.69 Å². The summed E-state index contributed by atoms with van der Waals surface area (Å²) in [5, 5.41) is 9.74. The molecule has 25 heavy (non-hydrogen) atoms. The Bertz CT molecular complexity index is 849.